The van der Waals surface area contributed by atoms with E-state index in [4.69, 9.17) is 4.74 Å². The molecule has 1 aliphatic carbocycles. The molecule has 1 N–H and O–H groups in total. The number of rotatable bonds is 3. The van der Waals surface area contributed by atoms with E-state index in [9.17, 15) is 9.59 Å². The first-order valence-electron chi connectivity index (χ1n) is 7.16. The van der Waals surface area contributed by atoms with Crippen LogP contribution in [-0.4, -0.2) is 48.1 Å². The molecule has 0 aromatic heterocycles. The molecule has 1 saturated heterocycles. The molecule has 0 spiro atoms. The predicted octanol–water partition coefficient (Wildman–Crippen LogP) is 1.07. The summed E-state index contributed by atoms with van der Waals surface area (Å²) in [5, 5.41) is 2.71. The molecule has 5 heteroatoms. The van der Waals surface area contributed by atoms with E-state index in [1.54, 1.807) is 7.11 Å². The molecule has 2 amide bonds. The van der Waals surface area contributed by atoms with Crippen LogP contribution in [0.25, 0.3) is 0 Å². The third kappa shape index (κ3) is 2.48. The average Bonchev–Trinajstić information content (AvgIpc) is 2.43. The van der Waals surface area contributed by atoms with Crippen molar-refractivity contribution in [3.63, 3.8) is 0 Å². The Morgan fingerprint density at radius 3 is 2.79 bits per heavy atom. The van der Waals surface area contributed by atoms with Gasteiger partial charge in [-0.2, -0.15) is 0 Å². The van der Waals surface area contributed by atoms with Crippen LogP contribution >= 0.6 is 0 Å². The Morgan fingerprint density at radius 2 is 2.16 bits per heavy atom. The molecule has 3 unspecified atom stereocenters. The van der Waals surface area contributed by atoms with Crippen LogP contribution in [0.4, 0.5) is 0 Å². The molecule has 19 heavy (non-hydrogen) atoms. The van der Waals surface area contributed by atoms with Crippen molar-refractivity contribution >= 4 is 11.8 Å². The van der Waals surface area contributed by atoms with Gasteiger partial charge < -0.3 is 15.0 Å². The van der Waals surface area contributed by atoms with Gasteiger partial charge in [0, 0.05) is 13.2 Å². The number of amides is 2. The molecule has 0 aromatic rings. The molecule has 0 aromatic carbocycles. The minimum Gasteiger partial charge on any atom is -0.381 e. The molecule has 1 saturated carbocycles. The fourth-order valence-corrected chi connectivity index (χ4v) is 3.32. The minimum atomic E-state index is -0.713. The molecule has 0 radical (unpaired) electrons. The van der Waals surface area contributed by atoms with E-state index in [2.05, 4.69) is 5.32 Å². The summed E-state index contributed by atoms with van der Waals surface area (Å²) in [6.45, 7) is 3.96. The molecule has 2 rings (SSSR count). The summed E-state index contributed by atoms with van der Waals surface area (Å²) < 4.78 is 5.44. The van der Waals surface area contributed by atoms with Gasteiger partial charge in [-0.1, -0.05) is 6.92 Å². The third-order valence-electron chi connectivity index (χ3n) is 4.68. The Hall–Kier alpha value is -1.10. The lowest BCUT2D eigenvalue weighted by Gasteiger charge is -2.49. The molecule has 2 aliphatic rings. The summed E-state index contributed by atoms with van der Waals surface area (Å²) in [5.74, 6) is -0.000145. The number of methoxy groups -OCH3 is 1. The van der Waals surface area contributed by atoms with Crippen LogP contribution in [-0.2, 0) is 14.3 Å². The van der Waals surface area contributed by atoms with E-state index in [1.165, 1.54) is 0 Å². The largest absolute Gasteiger partial charge is 0.381 e. The first-order valence-corrected chi connectivity index (χ1v) is 7.16. The van der Waals surface area contributed by atoms with E-state index in [1.807, 2.05) is 18.7 Å². The maximum Gasteiger partial charge on any atom is 0.246 e. The highest BCUT2D eigenvalue weighted by Gasteiger charge is 2.47. The van der Waals surface area contributed by atoms with Gasteiger partial charge >= 0.3 is 0 Å². The SMILES string of the molecule is CCC1(C)C(=O)NCC(=O)N1C1CCCC(OC)C1. The maximum atomic E-state index is 12.3. The number of ether oxygens (including phenoxy) is 1. The van der Waals surface area contributed by atoms with Crippen LogP contribution in [0.1, 0.15) is 46.0 Å². The zero-order chi connectivity index (χ0) is 14.0. The smallest absolute Gasteiger partial charge is 0.246 e. The van der Waals surface area contributed by atoms with Crippen LogP contribution in [0.3, 0.4) is 0 Å². The number of hydrogen-bond acceptors (Lipinski definition) is 3. The highest BCUT2D eigenvalue weighted by molar-refractivity contribution is 5.97. The van der Waals surface area contributed by atoms with Gasteiger partial charge in [-0.3, -0.25) is 9.59 Å². The van der Waals surface area contributed by atoms with Crippen molar-refractivity contribution in [1.29, 1.82) is 0 Å². The third-order valence-corrected chi connectivity index (χ3v) is 4.68. The van der Waals surface area contributed by atoms with E-state index < -0.39 is 5.54 Å². The van der Waals surface area contributed by atoms with Crippen LogP contribution in [0.15, 0.2) is 0 Å². The van der Waals surface area contributed by atoms with Crippen molar-refractivity contribution in [2.45, 2.75) is 63.6 Å². The van der Waals surface area contributed by atoms with Gasteiger partial charge in [-0.15, -0.1) is 0 Å². The number of nitrogens with one attached hydrogen (secondary N) is 1. The normalized spacial score (nSPS) is 36.3. The molecular weight excluding hydrogens is 244 g/mol. The lowest BCUT2D eigenvalue weighted by atomic mass is 9.85. The van der Waals surface area contributed by atoms with Gasteiger partial charge in [-0.25, -0.2) is 0 Å². The van der Waals surface area contributed by atoms with Crippen molar-refractivity contribution in [3.05, 3.63) is 0 Å². The highest BCUT2D eigenvalue weighted by atomic mass is 16.5. The first-order chi connectivity index (χ1) is 9.02. The number of carbonyl (C=O) groups excluding carboxylic acids is 2. The van der Waals surface area contributed by atoms with E-state index in [-0.39, 0.29) is 30.5 Å². The summed E-state index contributed by atoms with van der Waals surface area (Å²) in [4.78, 5) is 26.3. The van der Waals surface area contributed by atoms with Crippen molar-refractivity contribution in [2.75, 3.05) is 13.7 Å². The number of carbonyl (C=O) groups is 2. The predicted molar refractivity (Wildman–Crippen MR) is 71.6 cm³/mol. The number of nitrogens with zero attached hydrogens (tertiary/aromatic N) is 1. The molecule has 5 nitrogen and oxygen atoms in total. The van der Waals surface area contributed by atoms with Gasteiger partial charge in [0.05, 0.1) is 12.6 Å². The fraction of sp³-hybridized carbons (Fsp3) is 0.857. The Balaban J connectivity index is 2.23. The van der Waals surface area contributed by atoms with E-state index in [0.717, 1.165) is 25.7 Å². The van der Waals surface area contributed by atoms with Gasteiger partial charge in [0.2, 0.25) is 11.8 Å². The number of hydrogen-bond donors (Lipinski definition) is 1. The molecule has 1 heterocycles. The molecule has 3 atom stereocenters. The first kappa shape index (κ1) is 14.3. The van der Waals surface area contributed by atoms with Gasteiger partial charge in [-0.05, 0) is 39.0 Å². The summed E-state index contributed by atoms with van der Waals surface area (Å²) in [6.07, 6.45) is 4.74. The lowest BCUT2D eigenvalue weighted by molar-refractivity contribution is -0.158. The van der Waals surface area contributed by atoms with Crippen molar-refractivity contribution in [1.82, 2.24) is 10.2 Å². The Kier molecular flexibility index (Phi) is 4.13. The second-order valence-corrected chi connectivity index (χ2v) is 5.75. The topological polar surface area (TPSA) is 58.6 Å². The van der Waals surface area contributed by atoms with E-state index >= 15 is 0 Å². The monoisotopic (exact) mass is 268 g/mol. The van der Waals surface area contributed by atoms with Crippen LogP contribution < -0.4 is 5.32 Å². The fourth-order valence-electron chi connectivity index (χ4n) is 3.32. The highest BCUT2D eigenvalue weighted by Crippen LogP contribution is 2.33. The Morgan fingerprint density at radius 1 is 1.42 bits per heavy atom. The second kappa shape index (κ2) is 5.49. The average molecular weight is 268 g/mol. The minimum absolute atomic E-state index is 0.0331. The number of piperazine rings is 1. The van der Waals surface area contributed by atoms with Gasteiger partial charge in [0.1, 0.15) is 5.54 Å². The molecule has 108 valence electrons. The standard InChI is InChI=1S/C14H24N2O3/c1-4-14(2)13(18)15-9-12(17)16(14)10-6-5-7-11(8-10)19-3/h10-11H,4-9H2,1-3H3,(H,15,18). The van der Waals surface area contributed by atoms with E-state index in [0.29, 0.717) is 6.42 Å². The van der Waals surface area contributed by atoms with Crippen LogP contribution in [0.5, 0.6) is 0 Å². The summed E-state index contributed by atoms with van der Waals surface area (Å²) in [5.41, 5.74) is -0.713. The molecule has 0 bridgehead atoms. The van der Waals surface area contributed by atoms with Crippen molar-refractivity contribution in [3.8, 4) is 0 Å². The zero-order valence-corrected chi connectivity index (χ0v) is 12.1. The van der Waals surface area contributed by atoms with Gasteiger partial charge in [0.15, 0.2) is 0 Å². The summed E-state index contributed by atoms with van der Waals surface area (Å²) >= 11 is 0. The Bertz CT molecular complexity index is 372. The zero-order valence-electron chi connectivity index (χ0n) is 12.1. The molecular formula is C14H24N2O3. The Labute approximate surface area is 114 Å². The van der Waals surface area contributed by atoms with Crippen molar-refractivity contribution in [2.24, 2.45) is 0 Å². The lowest BCUT2D eigenvalue weighted by Crippen LogP contribution is -2.68. The van der Waals surface area contributed by atoms with Crippen LogP contribution in [0, 0.1) is 0 Å². The van der Waals surface area contributed by atoms with Crippen molar-refractivity contribution < 1.29 is 14.3 Å². The maximum absolute atomic E-state index is 12.3. The molecule has 1 aliphatic heterocycles. The van der Waals surface area contributed by atoms with Gasteiger partial charge in [0.25, 0.3) is 0 Å². The quantitative estimate of drug-likeness (QED) is 0.833. The second-order valence-electron chi connectivity index (χ2n) is 5.75. The van der Waals surface area contributed by atoms with Crippen LogP contribution in [0.2, 0.25) is 0 Å². The molecule has 2 fully saturated rings. The summed E-state index contributed by atoms with van der Waals surface area (Å²) in [7, 11) is 1.72. The summed E-state index contributed by atoms with van der Waals surface area (Å²) in [6, 6.07) is 0.127.